The predicted molar refractivity (Wildman–Crippen MR) is 78.0 cm³/mol. The van der Waals surface area contributed by atoms with Crippen LogP contribution in [0.3, 0.4) is 0 Å². The molecule has 0 aliphatic carbocycles. The average molecular weight is 285 g/mol. The first-order valence-corrected chi connectivity index (χ1v) is 7.31. The maximum Gasteiger partial charge on any atom is 0.271 e. The van der Waals surface area contributed by atoms with Gasteiger partial charge in [-0.15, -0.1) is 0 Å². The van der Waals surface area contributed by atoms with E-state index in [1.807, 2.05) is 0 Å². The van der Waals surface area contributed by atoms with Gasteiger partial charge in [0.1, 0.15) is 5.02 Å². The van der Waals surface area contributed by atoms with E-state index in [4.69, 9.17) is 11.6 Å². The van der Waals surface area contributed by atoms with Crippen molar-refractivity contribution in [1.82, 2.24) is 15.3 Å². The molecule has 1 aromatic rings. The fraction of sp³-hybridized carbons (Fsp3) is 0.692. The fourth-order valence-corrected chi connectivity index (χ4v) is 2.63. The van der Waals surface area contributed by atoms with Gasteiger partial charge in [-0.3, -0.25) is 4.79 Å². The van der Waals surface area contributed by atoms with Gasteiger partial charge in [0.2, 0.25) is 0 Å². The Labute approximate surface area is 118 Å². The minimum absolute atomic E-state index is 0.191. The number of nitrogens with one attached hydrogen (secondary N) is 2. The van der Waals surface area contributed by atoms with Crippen molar-refractivity contribution < 1.29 is 0 Å². The van der Waals surface area contributed by atoms with Crippen LogP contribution < -0.4 is 15.8 Å². The van der Waals surface area contributed by atoms with Gasteiger partial charge in [-0.1, -0.05) is 24.9 Å². The largest absolute Gasteiger partial charge is 0.354 e. The zero-order chi connectivity index (χ0) is 13.7. The molecule has 1 aromatic heterocycles. The summed E-state index contributed by atoms with van der Waals surface area (Å²) < 4.78 is 0. The third-order valence-electron chi connectivity index (χ3n) is 3.46. The summed E-state index contributed by atoms with van der Waals surface area (Å²) in [5.74, 6) is 0.604. The third kappa shape index (κ3) is 3.70. The number of rotatable bonds is 6. The van der Waals surface area contributed by atoms with Crippen molar-refractivity contribution >= 4 is 17.4 Å². The van der Waals surface area contributed by atoms with E-state index in [0.29, 0.717) is 11.9 Å². The summed E-state index contributed by atoms with van der Waals surface area (Å²) >= 11 is 6.08. The van der Waals surface area contributed by atoms with Crippen LogP contribution in [0.15, 0.2) is 11.1 Å². The van der Waals surface area contributed by atoms with Crippen molar-refractivity contribution in [3.8, 4) is 0 Å². The SMILES string of the molecule is CCCCN(CC1CCCN1)c1nc[nH]c(=O)c1Cl. The maximum atomic E-state index is 11.6. The molecule has 106 valence electrons. The molecule has 0 spiro atoms. The van der Waals surface area contributed by atoms with Gasteiger partial charge >= 0.3 is 0 Å². The van der Waals surface area contributed by atoms with Gasteiger partial charge in [0.05, 0.1) is 6.33 Å². The highest BCUT2D eigenvalue weighted by molar-refractivity contribution is 6.32. The Kier molecular flexibility index (Phi) is 5.22. The number of halogens is 1. The Balaban J connectivity index is 2.15. The molecule has 0 amide bonds. The second-order valence-corrected chi connectivity index (χ2v) is 5.34. The van der Waals surface area contributed by atoms with Crippen LogP contribution in [-0.4, -0.2) is 35.6 Å². The number of unbranched alkanes of at least 4 members (excludes halogenated alkanes) is 1. The normalized spacial score (nSPS) is 18.7. The molecule has 0 bridgehead atoms. The fourth-order valence-electron chi connectivity index (χ4n) is 2.41. The molecule has 6 heteroatoms. The summed E-state index contributed by atoms with van der Waals surface area (Å²) in [6.45, 7) is 4.96. The molecule has 1 atom stereocenters. The number of hydrogen-bond acceptors (Lipinski definition) is 4. The van der Waals surface area contributed by atoms with Gasteiger partial charge in [-0.05, 0) is 25.8 Å². The predicted octanol–water partition coefficient (Wildman–Crippen LogP) is 1.78. The first kappa shape index (κ1) is 14.3. The smallest absolute Gasteiger partial charge is 0.271 e. The van der Waals surface area contributed by atoms with E-state index in [2.05, 4.69) is 27.1 Å². The van der Waals surface area contributed by atoms with Crippen molar-refractivity contribution in [2.75, 3.05) is 24.5 Å². The van der Waals surface area contributed by atoms with Crippen LogP contribution in [0.25, 0.3) is 0 Å². The van der Waals surface area contributed by atoms with Crippen molar-refractivity contribution in [3.63, 3.8) is 0 Å². The number of hydrogen-bond donors (Lipinski definition) is 2. The van der Waals surface area contributed by atoms with Crippen molar-refractivity contribution in [2.24, 2.45) is 0 Å². The average Bonchev–Trinajstić information content (AvgIpc) is 2.91. The van der Waals surface area contributed by atoms with Gasteiger partial charge in [0.25, 0.3) is 5.56 Å². The second kappa shape index (κ2) is 6.91. The molecule has 1 aliphatic rings. The molecule has 0 saturated carbocycles. The summed E-state index contributed by atoms with van der Waals surface area (Å²) in [7, 11) is 0. The van der Waals surface area contributed by atoms with E-state index in [1.165, 1.54) is 19.2 Å². The molecule has 1 fully saturated rings. The summed E-state index contributed by atoms with van der Waals surface area (Å²) in [4.78, 5) is 20.5. The zero-order valence-electron chi connectivity index (χ0n) is 11.3. The van der Waals surface area contributed by atoms with Gasteiger partial charge in [0.15, 0.2) is 5.82 Å². The first-order chi connectivity index (χ1) is 9.22. The molecule has 1 aliphatic heterocycles. The molecule has 1 unspecified atom stereocenters. The lowest BCUT2D eigenvalue weighted by atomic mass is 10.2. The van der Waals surface area contributed by atoms with E-state index in [9.17, 15) is 4.79 Å². The lowest BCUT2D eigenvalue weighted by Crippen LogP contribution is -2.39. The van der Waals surface area contributed by atoms with Gasteiger partial charge in [-0.2, -0.15) is 0 Å². The Morgan fingerprint density at radius 1 is 1.58 bits per heavy atom. The van der Waals surface area contributed by atoms with Crippen molar-refractivity contribution in [2.45, 2.75) is 38.6 Å². The van der Waals surface area contributed by atoms with Crippen LogP contribution in [-0.2, 0) is 0 Å². The number of aromatic nitrogens is 2. The number of anilines is 1. The molecule has 2 rings (SSSR count). The summed E-state index contributed by atoms with van der Waals surface area (Å²) in [5.41, 5.74) is -0.271. The topological polar surface area (TPSA) is 61.0 Å². The quantitative estimate of drug-likeness (QED) is 0.836. The number of nitrogens with zero attached hydrogens (tertiary/aromatic N) is 2. The Bertz CT molecular complexity index is 456. The zero-order valence-corrected chi connectivity index (χ0v) is 12.0. The van der Waals surface area contributed by atoms with E-state index < -0.39 is 0 Å². The highest BCUT2D eigenvalue weighted by atomic mass is 35.5. The Morgan fingerprint density at radius 3 is 3.11 bits per heavy atom. The van der Waals surface area contributed by atoms with Crippen molar-refractivity contribution in [3.05, 3.63) is 21.7 Å². The molecule has 0 aromatic carbocycles. The van der Waals surface area contributed by atoms with Gasteiger partial charge in [-0.25, -0.2) is 4.98 Å². The second-order valence-electron chi connectivity index (χ2n) is 4.96. The van der Waals surface area contributed by atoms with Crippen LogP contribution in [0.4, 0.5) is 5.82 Å². The van der Waals surface area contributed by atoms with Crippen LogP contribution in [0.5, 0.6) is 0 Å². The maximum absolute atomic E-state index is 11.6. The molecule has 0 radical (unpaired) electrons. The molecule has 1 saturated heterocycles. The summed E-state index contributed by atoms with van der Waals surface area (Å²) in [5, 5.41) is 3.66. The molecule has 2 heterocycles. The Morgan fingerprint density at radius 2 is 2.42 bits per heavy atom. The van der Waals surface area contributed by atoms with Gasteiger partial charge in [0, 0.05) is 19.1 Å². The van der Waals surface area contributed by atoms with E-state index in [1.54, 1.807) is 0 Å². The molecule has 2 N–H and O–H groups in total. The Hall–Kier alpha value is -1.07. The highest BCUT2D eigenvalue weighted by Gasteiger charge is 2.21. The lowest BCUT2D eigenvalue weighted by molar-refractivity contribution is 0.568. The molecular weight excluding hydrogens is 264 g/mol. The number of aromatic amines is 1. The van der Waals surface area contributed by atoms with Crippen LogP contribution in [0, 0.1) is 0 Å². The highest BCUT2D eigenvalue weighted by Crippen LogP contribution is 2.20. The lowest BCUT2D eigenvalue weighted by Gasteiger charge is -2.27. The van der Waals surface area contributed by atoms with Gasteiger partial charge < -0.3 is 15.2 Å². The van der Waals surface area contributed by atoms with Crippen LogP contribution in [0.2, 0.25) is 5.02 Å². The van der Waals surface area contributed by atoms with E-state index in [-0.39, 0.29) is 10.6 Å². The van der Waals surface area contributed by atoms with E-state index >= 15 is 0 Å². The molecule has 19 heavy (non-hydrogen) atoms. The molecule has 5 nitrogen and oxygen atoms in total. The minimum Gasteiger partial charge on any atom is -0.354 e. The minimum atomic E-state index is -0.271. The third-order valence-corrected chi connectivity index (χ3v) is 3.80. The summed E-state index contributed by atoms with van der Waals surface area (Å²) in [6.07, 6.45) is 5.98. The van der Waals surface area contributed by atoms with Crippen LogP contribution >= 0.6 is 11.6 Å². The standard InChI is InChI=1S/C13H21ClN4O/c1-2-3-7-18(8-10-5-4-6-15-10)12-11(14)13(19)17-9-16-12/h9-10,15H,2-8H2,1H3,(H,16,17,19). The monoisotopic (exact) mass is 284 g/mol. The number of H-pyrrole nitrogens is 1. The van der Waals surface area contributed by atoms with Crippen LogP contribution in [0.1, 0.15) is 32.6 Å². The first-order valence-electron chi connectivity index (χ1n) is 6.94. The molecular formula is C13H21ClN4O. The van der Waals surface area contributed by atoms with E-state index in [0.717, 1.165) is 32.5 Å². The van der Waals surface area contributed by atoms with Crippen molar-refractivity contribution in [1.29, 1.82) is 0 Å². The summed E-state index contributed by atoms with van der Waals surface area (Å²) in [6, 6.07) is 0.467.